The molecule has 1 rings (SSSR count). The molecule has 0 heterocycles. The number of nitrogens with one attached hydrogen (secondary N) is 1. The highest BCUT2D eigenvalue weighted by Gasteiger charge is 2.13. The van der Waals surface area contributed by atoms with Crippen molar-refractivity contribution in [2.24, 2.45) is 5.41 Å². The summed E-state index contributed by atoms with van der Waals surface area (Å²) in [5.74, 6) is 1.08. The summed E-state index contributed by atoms with van der Waals surface area (Å²) in [6, 6.07) is 5.43. The van der Waals surface area contributed by atoms with Crippen LogP contribution in [0.4, 0.5) is 0 Å². The van der Waals surface area contributed by atoms with E-state index in [-0.39, 0.29) is 6.04 Å². The monoisotopic (exact) mass is 251 g/mol. The highest BCUT2D eigenvalue weighted by molar-refractivity contribution is 5.41. The lowest BCUT2D eigenvalue weighted by molar-refractivity contribution is 0.355. The van der Waals surface area contributed by atoms with Gasteiger partial charge in [-0.25, -0.2) is 0 Å². The molecule has 3 nitrogen and oxygen atoms in total. The highest BCUT2D eigenvalue weighted by atomic mass is 16.5. The first kappa shape index (κ1) is 14.8. The van der Waals surface area contributed by atoms with Crippen LogP contribution in [-0.2, 0) is 0 Å². The molecule has 0 amide bonds. The van der Waals surface area contributed by atoms with Crippen LogP contribution in [-0.4, -0.2) is 18.8 Å². The zero-order chi connectivity index (χ0) is 13.8. The van der Waals surface area contributed by atoms with Crippen molar-refractivity contribution in [2.75, 3.05) is 13.7 Å². The van der Waals surface area contributed by atoms with Crippen LogP contribution in [0.2, 0.25) is 0 Å². The minimum atomic E-state index is 0.113. The first-order valence-electron chi connectivity index (χ1n) is 6.44. The van der Waals surface area contributed by atoms with E-state index in [1.807, 2.05) is 6.07 Å². The average Bonchev–Trinajstić information content (AvgIpc) is 2.27. The van der Waals surface area contributed by atoms with Crippen LogP contribution in [0, 0.1) is 5.41 Å². The Kier molecular flexibility index (Phi) is 5.03. The molecule has 1 aromatic rings. The Balaban J connectivity index is 2.63. The highest BCUT2D eigenvalue weighted by Crippen LogP contribution is 2.28. The van der Waals surface area contributed by atoms with Gasteiger partial charge in [0.15, 0.2) is 0 Å². The molecule has 0 aliphatic carbocycles. The Morgan fingerprint density at radius 3 is 2.56 bits per heavy atom. The molecule has 1 aromatic carbocycles. The SMILES string of the molecule is COc1ccc(O)c(C(C)NCCC(C)(C)C)c1. The molecule has 18 heavy (non-hydrogen) atoms. The summed E-state index contributed by atoms with van der Waals surface area (Å²) in [5.41, 5.74) is 1.20. The molecule has 1 atom stereocenters. The topological polar surface area (TPSA) is 41.5 Å². The molecule has 0 bridgehead atoms. The number of benzene rings is 1. The molecule has 0 radical (unpaired) electrons. The van der Waals surface area contributed by atoms with Crippen LogP contribution in [0.5, 0.6) is 11.5 Å². The van der Waals surface area contributed by atoms with E-state index in [2.05, 4.69) is 33.0 Å². The van der Waals surface area contributed by atoms with Crippen LogP contribution in [0.25, 0.3) is 0 Å². The van der Waals surface area contributed by atoms with E-state index in [0.29, 0.717) is 11.2 Å². The molecule has 2 N–H and O–H groups in total. The van der Waals surface area contributed by atoms with E-state index in [1.165, 1.54) is 0 Å². The molecule has 0 aromatic heterocycles. The van der Waals surface area contributed by atoms with Gasteiger partial charge in [0.2, 0.25) is 0 Å². The van der Waals surface area contributed by atoms with E-state index < -0.39 is 0 Å². The maximum absolute atomic E-state index is 9.86. The van der Waals surface area contributed by atoms with Crippen molar-refractivity contribution in [1.82, 2.24) is 5.32 Å². The fraction of sp³-hybridized carbons (Fsp3) is 0.600. The number of hydrogen-bond acceptors (Lipinski definition) is 3. The van der Waals surface area contributed by atoms with E-state index >= 15 is 0 Å². The Labute approximate surface area is 110 Å². The molecule has 102 valence electrons. The Morgan fingerprint density at radius 2 is 2.00 bits per heavy atom. The minimum Gasteiger partial charge on any atom is -0.508 e. The number of aromatic hydroxyl groups is 1. The van der Waals surface area contributed by atoms with Crippen molar-refractivity contribution in [3.8, 4) is 11.5 Å². The lowest BCUT2D eigenvalue weighted by atomic mass is 9.92. The molecular formula is C15H25NO2. The first-order chi connectivity index (χ1) is 8.33. The van der Waals surface area contributed by atoms with Gasteiger partial charge in [-0.15, -0.1) is 0 Å². The van der Waals surface area contributed by atoms with Gasteiger partial charge in [0.25, 0.3) is 0 Å². The predicted octanol–water partition coefficient (Wildman–Crippen LogP) is 3.49. The second kappa shape index (κ2) is 6.10. The van der Waals surface area contributed by atoms with Crippen molar-refractivity contribution in [1.29, 1.82) is 0 Å². The van der Waals surface area contributed by atoms with Gasteiger partial charge in [0, 0.05) is 11.6 Å². The van der Waals surface area contributed by atoms with Crippen LogP contribution < -0.4 is 10.1 Å². The van der Waals surface area contributed by atoms with Gasteiger partial charge in [-0.05, 0) is 43.5 Å². The third kappa shape index (κ3) is 4.57. The normalized spacial score (nSPS) is 13.4. The summed E-state index contributed by atoms with van der Waals surface area (Å²) in [5, 5.41) is 13.3. The van der Waals surface area contributed by atoms with Crippen molar-refractivity contribution >= 4 is 0 Å². The van der Waals surface area contributed by atoms with E-state index in [4.69, 9.17) is 4.74 Å². The molecule has 3 heteroatoms. The largest absolute Gasteiger partial charge is 0.508 e. The van der Waals surface area contributed by atoms with Crippen LogP contribution in [0.1, 0.15) is 45.7 Å². The van der Waals surface area contributed by atoms with E-state index in [1.54, 1.807) is 19.2 Å². The van der Waals surface area contributed by atoms with Crippen molar-refractivity contribution in [3.05, 3.63) is 23.8 Å². The van der Waals surface area contributed by atoms with Crippen LogP contribution in [0.15, 0.2) is 18.2 Å². The van der Waals surface area contributed by atoms with Gasteiger partial charge in [0.05, 0.1) is 7.11 Å². The first-order valence-corrected chi connectivity index (χ1v) is 6.44. The lowest BCUT2D eigenvalue weighted by Gasteiger charge is -2.21. The van der Waals surface area contributed by atoms with Gasteiger partial charge < -0.3 is 15.2 Å². The second-order valence-electron chi connectivity index (χ2n) is 5.91. The average molecular weight is 251 g/mol. The molecule has 0 fully saturated rings. The molecule has 0 saturated heterocycles. The maximum atomic E-state index is 9.86. The van der Waals surface area contributed by atoms with Crippen molar-refractivity contribution in [3.63, 3.8) is 0 Å². The third-order valence-electron chi connectivity index (χ3n) is 3.03. The van der Waals surface area contributed by atoms with Crippen molar-refractivity contribution in [2.45, 2.75) is 40.2 Å². The molecule has 0 saturated carbocycles. The Hall–Kier alpha value is -1.22. The minimum absolute atomic E-state index is 0.113. The quantitative estimate of drug-likeness (QED) is 0.841. The third-order valence-corrected chi connectivity index (χ3v) is 3.03. The number of phenols is 1. The fourth-order valence-corrected chi connectivity index (χ4v) is 1.78. The number of hydrogen-bond donors (Lipinski definition) is 2. The van der Waals surface area contributed by atoms with Gasteiger partial charge in [-0.1, -0.05) is 20.8 Å². The summed E-state index contributed by atoms with van der Waals surface area (Å²) in [6.45, 7) is 9.66. The van der Waals surface area contributed by atoms with Crippen LogP contribution >= 0.6 is 0 Å². The lowest BCUT2D eigenvalue weighted by Crippen LogP contribution is -2.23. The predicted molar refractivity (Wildman–Crippen MR) is 75.1 cm³/mol. The smallest absolute Gasteiger partial charge is 0.120 e. The van der Waals surface area contributed by atoms with Gasteiger partial charge in [0.1, 0.15) is 11.5 Å². The number of methoxy groups -OCH3 is 1. The number of phenolic OH excluding ortho intramolecular Hbond substituents is 1. The molecule has 0 aliphatic rings. The van der Waals surface area contributed by atoms with Gasteiger partial charge in [-0.2, -0.15) is 0 Å². The molecule has 1 unspecified atom stereocenters. The second-order valence-corrected chi connectivity index (χ2v) is 5.91. The van der Waals surface area contributed by atoms with Gasteiger partial charge in [-0.3, -0.25) is 0 Å². The number of ether oxygens (including phenoxy) is 1. The van der Waals surface area contributed by atoms with E-state index in [9.17, 15) is 5.11 Å². The molecule has 0 aliphatic heterocycles. The van der Waals surface area contributed by atoms with Gasteiger partial charge >= 0.3 is 0 Å². The number of rotatable bonds is 5. The maximum Gasteiger partial charge on any atom is 0.120 e. The summed E-state index contributed by atoms with van der Waals surface area (Å²) in [6.07, 6.45) is 1.10. The fourth-order valence-electron chi connectivity index (χ4n) is 1.78. The molecule has 0 spiro atoms. The summed E-state index contributed by atoms with van der Waals surface area (Å²) in [7, 11) is 1.63. The Morgan fingerprint density at radius 1 is 1.33 bits per heavy atom. The van der Waals surface area contributed by atoms with Crippen LogP contribution in [0.3, 0.4) is 0 Å². The molecular weight excluding hydrogens is 226 g/mol. The summed E-state index contributed by atoms with van der Waals surface area (Å²) >= 11 is 0. The zero-order valence-corrected chi connectivity index (χ0v) is 12.1. The van der Waals surface area contributed by atoms with Crippen molar-refractivity contribution < 1.29 is 9.84 Å². The summed E-state index contributed by atoms with van der Waals surface area (Å²) in [4.78, 5) is 0. The zero-order valence-electron chi connectivity index (χ0n) is 12.1. The van der Waals surface area contributed by atoms with E-state index in [0.717, 1.165) is 24.3 Å². The summed E-state index contributed by atoms with van der Waals surface area (Å²) < 4.78 is 5.18. The standard InChI is InChI=1S/C15H25NO2/c1-11(16-9-8-15(2,3)4)13-10-12(18-5)6-7-14(13)17/h6-7,10-11,16-17H,8-9H2,1-5H3. The Bertz CT molecular complexity index is 383.